The molecule has 2 aromatic heterocycles. The van der Waals surface area contributed by atoms with Crippen molar-refractivity contribution in [1.82, 2.24) is 14.5 Å². The smallest absolute Gasteiger partial charge is 0.225 e. The molecule has 0 bridgehead atoms. The zero-order valence-electron chi connectivity index (χ0n) is 17.5. The van der Waals surface area contributed by atoms with E-state index in [1.54, 1.807) is 7.11 Å². The minimum absolute atomic E-state index is 0.150. The lowest BCUT2D eigenvalue weighted by atomic mass is 10.1. The van der Waals surface area contributed by atoms with Crippen molar-refractivity contribution < 1.29 is 9.84 Å². The molecule has 0 unspecified atom stereocenters. The van der Waals surface area contributed by atoms with Crippen LogP contribution in [0.4, 0.5) is 11.8 Å². The summed E-state index contributed by atoms with van der Waals surface area (Å²) in [7, 11) is 3.51. The third-order valence-electron chi connectivity index (χ3n) is 5.09. The van der Waals surface area contributed by atoms with Crippen molar-refractivity contribution >= 4 is 22.8 Å². The molecule has 1 aromatic carbocycles. The summed E-state index contributed by atoms with van der Waals surface area (Å²) in [5, 5.41) is 16.1. The number of aromatic nitrogens is 3. The molecule has 0 amide bonds. The lowest BCUT2D eigenvalue weighted by Crippen LogP contribution is -2.22. The van der Waals surface area contributed by atoms with E-state index in [1.807, 2.05) is 37.5 Å². The number of hydrogen-bond donors (Lipinski definition) is 3. The average Bonchev–Trinajstić information content (AvgIpc) is 3.15. The quantitative estimate of drug-likeness (QED) is 0.455. The molecule has 0 saturated carbocycles. The van der Waals surface area contributed by atoms with Crippen molar-refractivity contribution in [3.63, 3.8) is 0 Å². The molecular weight excluding hydrogens is 366 g/mol. The molecule has 0 aliphatic rings. The summed E-state index contributed by atoms with van der Waals surface area (Å²) in [6, 6.07) is 10.2. The first-order chi connectivity index (χ1) is 14.2. The highest BCUT2D eigenvalue weighted by atomic mass is 16.5. The van der Waals surface area contributed by atoms with Gasteiger partial charge in [0.25, 0.3) is 0 Å². The van der Waals surface area contributed by atoms with E-state index in [9.17, 15) is 5.11 Å². The van der Waals surface area contributed by atoms with E-state index in [0.29, 0.717) is 18.9 Å². The van der Waals surface area contributed by atoms with Crippen LogP contribution < -0.4 is 15.4 Å². The molecule has 0 saturated heterocycles. The first-order valence-electron chi connectivity index (χ1n) is 10.2. The molecule has 0 aliphatic carbocycles. The molecule has 0 aliphatic heterocycles. The Labute approximate surface area is 172 Å². The van der Waals surface area contributed by atoms with Gasteiger partial charge in [-0.1, -0.05) is 38.0 Å². The fourth-order valence-corrected chi connectivity index (χ4v) is 3.56. The van der Waals surface area contributed by atoms with Gasteiger partial charge in [0, 0.05) is 31.5 Å². The van der Waals surface area contributed by atoms with Crippen LogP contribution in [0.2, 0.25) is 0 Å². The average molecular weight is 398 g/mol. The minimum atomic E-state index is 0.150. The summed E-state index contributed by atoms with van der Waals surface area (Å²) in [6.07, 6.45) is 5.93. The van der Waals surface area contributed by atoms with Crippen LogP contribution in [0.3, 0.4) is 0 Å². The van der Waals surface area contributed by atoms with Gasteiger partial charge >= 0.3 is 0 Å². The number of aliphatic hydroxyl groups is 1. The number of para-hydroxylation sites is 1. The van der Waals surface area contributed by atoms with Gasteiger partial charge in [-0.05, 0) is 25.0 Å². The molecule has 3 rings (SSSR count). The maximum Gasteiger partial charge on any atom is 0.225 e. The Balaban J connectivity index is 1.99. The Bertz CT molecular complexity index is 925. The second kappa shape index (κ2) is 10.1. The van der Waals surface area contributed by atoms with E-state index >= 15 is 0 Å². The van der Waals surface area contributed by atoms with Gasteiger partial charge in [0.1, 0.15) is 11.3 Å². The summed E-state index contributed by atoms with van der Waals surface area (Å²) in [5.74, 6) is 2.22. The van der Waals surface area contributed by atoms with E-state index < -0.39 is 0 Å². The second-order valence-corrected chi connectivity index (χ2v) is 7.13. The molecule has 2 heterocycles. The minimum Gasteiger partial charge on any atom is -0.496 e. The number of anilines is 2. The van der Waals surface area contributed by atoms with Gasteiger partial charge in [0.15, 0.2) is 5.82 Å². The van der Waals surface area contributed by atoms with Crippen LogP contribution in [0, 0.1) is 0 Å². The number of unbranched alkanes of at least 4 members (excludes halogenated alkanes) is 1. The molecule has 7 heteroatoms. The summed E-state index contributed by atoms with van der Waals surface area (Å²) < 4.78 is 7.66. The van der Waals surface area contributed by atoms with Crippen molar-refractivity contribution in [3.05, 3.63) is 42.1 Å². The highest BCUT2D eigenvalue weighted by molar-refractivity contribution is 5.88. The van der Waals surface area contributed by atoms with Crippen molar-refractivity contribution in [1.29, 1.82) is 0 Å². The molecule has 0 spiro atoms. The number of fused-ring (bicyclic) bond motifs is 1. The normalized spacial score (nSPS) is 12.1. The lowest BCUT2D eigenvalue weighted by Gasteiger charge is -2.20. The van der Waals surface area contributed by atoms with E-state index in [1.165, 1.54) is 0 Å². The Morgan fingerprint density at radius 1 is 1.17 bits per heavy atom. The van der Waals surface area contributed by atoms with Crippen LogP contribution in [0.1, 0.15) is 38.2 Å². The van der Waals surface area contributed by atoms with E-state index in [4.69, 9.17) is 9.72 Å². The number of ether oxygens (including phenoxy) is 1. The number of rotatable bonds is 11. The topological polar surface area (TPSA) is 84.2 Å². The second-order valence-electron chi connectivity index (χ2n) is 7.13. The van der Waals surface area contributed by atoms with Gasteiger partial charge in [0.05, 0.1) is 19.2 Å². The molecule has 3 N–H and O–H groups in total. The first kappa shape index (κ1) is 20.9. The number of hydrogen-bond acceptors (Lipinski definition) is 6. The number of methoxy groups -OCH3 is 1. The van der Waals surface area contributed by atoms with Crippen LogP contribution in [0.5, 0.6) is 5.75 Å². The predicted molar refractivity (Wildman–Crippen MR) is 118 cm³/mol. The standard InChI is InChI=1S/C22H31N5O2/c1-4-5-9-17(12-14-28)24-21-20-18(25-22(23-2)26-21)11-13-27(20)15-16-8-6-7-10-19(16)29-3/h6-8,10-11,13,17,28H,4-5,9,12,14-15H2,1-3H3,(H2,23,24,25,26)/t17-/m0/s1. The fraction of sp³-hybridized carbons (Fsp3) is 0.455. The van der Waals surface area contributed by atoms with Crippen molar-refractivity contribution in [3.8, 4) is 5.75 Å². The molecule has 1 atom stereocenters. The molecule has 156 valence electrons. The van der Waals surface area contributed by atoms with Crippen LogP contribution in [0.25, 0.3) is 11.0 Å². The zero-order valence-corrected chi connectivity index (χ0v) is 17.5. The zero-order chi connectivity index (χ0) is 20.6. The molecule has 7 nitrogen and oxygen atoms in total. The number of aliphatic hydroxyl groups excluding tert-OH is 1. The predicted octanol–water partition coefficient (Wildman–Crippen LogP) is 3.88. The van der Waals surface area contributed by atoms with E-state index in [-0.39, 0.29) is 12.6 Å². The monoisotopic (exact) mass is 397 g/mol. The highest BCUT2D eigenvalue weighted by Crippen LogP contribution is 2.27. The summed E-state index contributed by atoms with van der Waals surface area (Å²) in [5.41, 5.74) is 2.92. The molecule has 29 heavy (non-hydrogen) atoms. The van der Waals surface area contributed by atoms with Gasteiger partial charge in [-0.3, -0.25) is 0 Å². The lowest BCUT2D eigenvalue weighted by molar-refractivity contribution is 0.276. The van der Waals surface area contributed by atoms with Crippen molar-refractivity contribution in [2.75, 3.05) is 31.4 Å². The van der Waals surface area contributed by atoms with Gasteiger partial charge < -0.3 is 25.0 Å². The number of nitrogens with zero attached hydrogens (tertiary/aromatic N) is 3. The van der Waals surface area contributed by atoms with E-state index in [0.717, 1.165) is 47.4 Å². The van der Waals surface area contributed by atoms with Gasteiger partial charge in [-0.2, -0.15) is 4.98 Å². The Morgan fingerprint density at radius 3 is 2.72 bits per heavy atom. The summed E-state index contributed by atoms with van der Waals surface area (Å²) >= 11 is 0. The molecule has 3 aromatic rings. The first-order valence-corrected chi connectivity index (χ1v) is 10.2. The molecule has 0 fully saturated rings. The highest BCUT2D eigenvalue weighted by Gasteiger charge is 2.17. The van der Waals surface area contributed by atoms with Gasteiger partial charge in [-0.15, -0.1) is 0 Å². The maximum absolute atomic E-state index is 9.49. The third kappa shape index (κ3) is 4.98. The Morgan fingerprint density at radius 2 is 2.00 bits per heavy atom. The van der Waals surface area contributed by atoms with Gasteiger partial charge in [-0.25, -0.2) is 4.98 Å². The maximum atomic E-state index is 9.49. The van der Waals surface area contributed by atoms with Gasteiger partial charge in [0.2, 0.25) is 5.95 Å². The summed E-state index contributed by atoms with van der Waals surface area (Å²) in [4.78, 5) is 9.31. The molecular formula is C22H31N5O2. The van der Waals surface area contributed by atoms with Crippen LogP contribution in [0.15, 0.2) is 36.5 Å². The third-order valence-corrected chi connectivity index (χ3v) is 5.09. The Hall–Kier alpha value is -2.80. The number of benzene rings is 1. The Kier molecular flexibility index (Phi) is 7.30. The van der Waals surface area contributed by atoms with Crippen LogP contribution in [-0.4, -0.2) is 46.4 Å². The number of nitrogens with one attached hydrogen (secondary N) is 2. The SMILES string of the molecule is CCCC[C@@H](CCO)Nc1nc(NC)nc2ccn(Cc3ccccc3OC)c12. The van der Waals surface area contributed by atoms with Crippen LogP contribution in [-0.2, 0) is 6.54 Å². The fourth-order valence-electron chi connectivity index (χ4n) is 3.56. The largest absolute Gasteiger partial charge is 0.496 e. The van der Waals surface area contributed by atoms with Crippen LogP contribution >= 0.6 is 0 Å². The van der Waals surface area contributed by atoms with Crippen molar-refractivity contribution in [2.45, 2.75) is 45.2 Å². The summed E-state index contributed by atoms with van der Waals surface area (Å²) in [6.45, 7) is 2.98. The van der Waals surface area contributed by atoms with Crippen molar-refractivity contribution in [2.24, 2.45) is 0 Å². The molecule has 0 radical (unpaired) electrons. The van der Waals surface area contributed by atoms with E-state index in [2.05, 4.69) is 33.2 Å².